The highest BCUT2D eigenvalue weighted by Gasteiger charge is 2.35. The van der Waals surface area contributed by atoms with Crippen LogP contribution in [0, 0.1) is 6.57 Å². The highest BCUT2D eigenvalue weighted by atomic mass is 32.1. The number of carbonyl (C=O) groups is 1. The summed E-state index contributed by atoms with van der Waals surface area (Å²) in [6, 6.07) is 16.0. The van der Waals surface area contributed by atoms with Gasteiger partial charge in [-0.2, -0.15) is 37.0 Å². The Balaban J connectivity index is 0.00000230. The number of anilines is 2. The van der Waals surface area contributed by atoms with Gasteiger partial charge in [-0.15, -0.1) is 0 Å². The lowest BCUT2D eigenvalue weighted by molar-refractivity contribution is -0.128. The van der Waals surface area contributed by atoms with Gasteiger partial charge in [0.1, 0.15) is 18.5 Å². The molecule has 6 rings (SSSR count). The van der Waals surface area contributed by atoms with Crippen molar-refractivity contribution in [2.45, 2.75) is 57.8 Å². The van der Waals surface area contributed by atoms with Gasteiger partial charge in [-0.05, 0) is 57.2 Å². The standard InChI is InChI=1S/C34H41N7O2.2H2S/c1-5-32(42)41-19-18-39(21-27(41)20-35-4)33-29-15-17-38(31-14-8-11-25-10-6-7-13-28(25)31)22-30(29)36-34(37-33)43-23-26-12-9-16-40(26)24(2)3;;/h5-8,10-11,13-14,24,26-27H,1,9,12,15-23H2,2-3H3;2*1H2/t26-,27-;;/m0../s1. The molecular weight excluding hydrogens is 603 g/mol. The van der Waals surface area contributed by atoms with E-state index in [9.17, 15) is 4.79 Å². The van der Waals surface area contributed by atoms with Crippen molar-refractivity contribution in [2.75, 3.05) is 55.7 Å². The molecule has 0 unspecified atom stereocenters. The SMILES string of the molecule is S.S.[C-]#[N+]C[C@H]1CN(c2nc(OC[C@@H]3CCCN3C(C)C)nc3c2CCN(c2cccc4ccccc24)C3)CCN1C(=O)C=C. The second-order valence-electron chi connectivity index (χ2n) is 12.0. The van der Waals surface area contributed by atoms with E-state index in [1.54, 1.807) is 4.90 Å². The smallest absolute Gasteiger partial charge is 0.318 e. The monoisotopic (exact) mass is 647 g/mol. The van der Waals surface area contributed by atoms with Crippen LogP contribution in [0.1, 0.15) is 37.9 Å². The summed E-state index contributed by atoms with van der Waals surface area (Å²) in [5.41, 5.74) is 3.33. The number of nitrogens with zero attached hydrogens (tertiary/aromatic N) is 7. The second kappa shape index (κ2) is 15.2. The predicted octanol–water partition coefficient (Wildman–Crippen LogP) is 4.79. The molecule has 2 aromatic carbocycles. The molecule has 3 aliphatic rings. The van der Waals surface area contributed by atoms with Crippen molar-refractivity contribution in [1.82, 2.24) is 19.8 Å². The van der Waals surface area contributed by atoms with Crippen LogP contribution in [0.4, 0.5) is 11.5 Å². The molecule has 3 aliphatic heterocycles. The maximum absolute atomic E-state index is 12.6. The van der Waals surface area contributed by atoms with E-state index in [2.05, 4.69) is 82.4 Å². The molecule has 0 bridgehead atoms. The van der Waals surface area contributed by atoms with Crippen LogP contribution in [0.15, 0.2) is 55.1 Å². The molecule has 9 nitrogen and oxygen atoms in total. The van der Waals surface area contributed by atoms with E-state index < -0.39 is 0 Å². The van der Waals surface area contributed by atoms with Crippen LogP contribution in [-0.2, 0) is 17.8 Å². The molecule has 4 heterocycles. The topological polar surface area (TPSA) is 69.4 Å². The van der Waals surface area contributed by atoms with Gasteiger partial charge in [0.05, 0.1) is 12.2 Å². The lowest BCUT2D eigenvalue weighted by Crippen LogP contribution is -2.56. The van der Waals surface area contributed by atoms with E-state index in [0.29, 0.717) is 50.9 Å². The number of carbonyl (C=O) groups excluding carboxylic acids is 1. The lowest BCUT2D eigenvalue weighted by Gasteiger charge is -2.41. The van der Waals surface area contributed by atoms with Gasteiger partial charge >= 0.3 is 6.01 Å². The first-order chi connectivity index (χ1) is 21.0. The van der Waals surface area contributed by atoms with Crippen molar-refractivity contribution in [1.29, 1.82) is 0 Å². The average Bonchev–Trinajstić information content (AvgIpc) is 3.52. The molecule has 240 valence electrons. The third-order valence-electron chi connectivity index (χ3n) is 9.16. The summed E-state index contributed by atoms with van der Waals surface area (Å²) in [7, 11) is 0. The van der Waals surface area contributed by atoms with Crippen molar-refractivity contribution in [3.05, 3.63) is 77.8 Å². The molecule has 0 saturated carbocycles. The third kappa shape index (κ3) is 7.19. The van der Waals surface area contributed by atoms with Crippen LogP contribution in [0.3, 0.4) is 0 Å². The molecule has 0 aliphatic carbocycles. The van der Waals surface area contributed by atoms with E-state index in [-0.39, 0.29) is 45.5 Å². The van der Waals surface area contributed by atoms with Crippen molar-refractivity contribution in [2.24, 2.45) is 0 Å². The Hall–Kier alpha value is -3.46. The van der Waals surface area contributed by atoms with E-state index in [0.717, 1.165) is 43.0 Å². The van der Waals surface area contributed by atoms with Crippen molar-refractivity contribution in [3.63, 3.8) is 0 Å². The summed E-state index contributed by atoms with van der Waals surface area (Å²) in [4.78, 5) is 35.2. The van der Waals surface area contributed by atoms with Crippen molar-refractivity contribution < 1.29 is 9.53 Å². The van der Waals surface area contributed by atoms with E-state index >= 15 is 0 Å². The summed E-state index contributed by atoms with van der Waals surface area (Å²) < 4.78 is 6.39. The highest BCUT2D eigenvalue weighted by molar-refractivity contribution is 7.59. The van der Waals surface area contributed by atoms with Gasteiger partial charge in [-0.25, -0.2) is 6.57 Å². The zero-order valence-corrected chi connectivity index (χ0v) is 28.3. The molecule has 45 heavy (non-hydrogen) atoms. The fourth-order valence-corrected chi connectivity index (χ4v) is 7.01. The minimum Gasteiger partial charge on any atom is -0.462 e. The third-order valence-corrected chi connectivity index (χ3v) is 9.16. The summed E-state index contributed by atoms with van der Waals surface area (Å²) in [6.45, 7) is 20.8. The normalized spacial score (nSPS) is 19.8. The number of fused-ring (bicyclic) bond motifs is 2. The Bertz CT molecular complexity index is 1540. The Kier molecular flexibility index (Phi) is 11.6. The Labute approximate surface area is 281 Å². The number of hydrogen-bond acceptors (Lipinski definition) is 7. The molecular formula is C34H45N7O2S2. The molecule has 2 fully saturated rings. The van der Waals surface area contributed by atoms with Gasteiger partial charge in [0, 0.05) is 54.9 Å². The van der Waals surface area contributed by atoms with Gasteiger partial charge < -0.3 is 24.3 Å². The Morgan fingerprint density at radius 1 is 1.07 bits per heavy atom. The summed E-state index contributed by atoms with van der Waals surface area (Å²) in [6.07, 6.45) is 4.44. The number of likely N-dealkylation sites (tertiary alicyclic amines) is 1. The van der Waals surface area contributed by atoms with E-state index in [1.807, 2.05) is 0 Å². The van der Waals surface area contributed by atoms with Gasteiger partial charge in [0.15, 0.2) is 0 Å². The number of amides is 1. The van der Waals surface area contributed by atoms with Gasteiger partial charge in [0.25, 0.3) is 0 Å². The van der Waals surface area contributed by atoms with Crippen LogP contribution in [-0.4, -0.2) is 89.7 Å². The number of benzene rings is 2. The molecule has 11 heteroatoms. The minimum atomic E-state index is -0.222. The summed E-state index contributed by atoms with van der Waals surface area (Å²) >= 11 is 0. The molecule has 0 radical (unpaired) electrons. The number of ether oxygens (including phenoxy) is 1. The zero-order chi connectivity index (χ0) is 29.9. The van der Waals surface area contributed by atoms with Crippen LogP contribution < -0.4 is 14.5 Å². The Morgan fingerprint density at radius 3 is 2.64 bits per heavy atom. The van der Waals surface area contributed by atoms with Crippen LogP contribution in [0.5, 0.6) is 6.01 Å². The number of rotatable bonds is 8. The quantitative estimate of drug-likeness (QED) is 0.257. The van der Waals surface area contributed by atoms with Gasteiger partial charge in [-0.3, -0.25) is 9.69 Å². The van der Waals surface area contributed by atoms with Crippen LogP contribution in [0.25, 0.3) is 15.6 Å². The van der Waals surface area contributed by atoms with E-state index in [1.165, 1.54) is 29.0 Å². The van der Waals surface area contributed by atoms with Gasteiger partial charge in [0.2, 0.25) is 12.5 Å². The average molecular weight is 648 g/mol. The van der Waals surface area contributed by atoms with Crippen LogP contribution in [0.2, 0.25) is 0 Å². The lowest BCUT2D eigenvalue weighted by atomic mass is 10.0. The van der Waals surface area contributed by atoms with Crippen LogP contribution >= 0.6 is 27.0 Å². The van der Waals surface area contributed by atoms with Crippen molar-refractivity contribution >= 4 is 55.2 Å². The zero-order valence-electron chi connectivity index (χ0n) is 26.3. The molecule has 1 amide bonds. The number of aromatic nitrogens is 2. The molecule has 2 saturated heterocycles. The molecule has 2 atom stereocenters. The maximum Gasteiger partial charge on any atom is 0.318 e. The van der Waals surface area contributed by atoms with Crippen molar-refractivity contribution in [3.8, 4) is 6.01 Å². The summed E-state index contributed by atoms with van der Waals surface area (Å²) in [5, 5.41) is 2.46. The largest absolute Gasteiger partial charge is 0.462 e. The number of piperazine rings is 1. The molecule has 1 aromatic heterocycles. The first kappa shape index (κ1) is 34.4. The summed E-state index contributed by atoms with van der Waals surface area (Å²) in [5.74, 6) is 0.754. The van der Waals surface area contributed by atoms with E-state index in [4.69, 9.17) is 21.3 Å². The first-order valence-corrected chi connectivity index (χ1v) is 15.5. The predicted molar refractivity (Wildman–Crippen MR) is 191 cm³/mol. The fourth-order valence-electron chi connectivity index (χ4n) is 7.01. The second-order valence-corrected chi connectivity index (χ2v) is 12.0. The Morgan fingerprint density at radius 2 is 1.87 bits per heavy atom. The minimum absolute atomic E-state index is 0. The fraction of sp³-hybridized carbons (Fsp3) is 0.471. The first-order valence-electron chi connectivity index (χ1n) is 15.5. The molecule has 3 aromatic rings. The molecule has 0 N–H and O–H groups in total. The molecule has 0 spiro atoms. The maximum atomic E-state index is 12.6. The highest BCUT2D eigenvalue weighted by Crippen LogP contribution is 2.35. The number of hydrogen-bond donors (Lipinski definition) is 0. The van der Waals surface area contributed by atoms with Gasteiger partial charge in [-0.1, -0.05) is 43.0 Å².